The zero-order valence-electron chi connectivity index (χ0n) is 20.0. The van der Waals surface area contributed by atoms with E-state index in [4.69, 9.17) is 9.47 Å². The summed E-state index contributed by atoms with van der Waals surface area (Å²) in [6, 6.07) is 16.9. The Hall–Kier alpha value is -3.89. The molecule has 10 heteroatoms. The maximum absolute atomic E-state index is 12.3. The molecule has 1 aliphatic heterocycles. The lowest BCUT2D eigenvalue weighted by molar-refractivity contribution is 0.0191. The van der Waals surface area contributed by atoms with E-state index in [0.717, 1.165) is 16.9 Å². The molecule has 5 N–H and O–H groups in total. The summed E-state index contributed by atoms with van der Waals surface area (Å²) < 4.78 is 10.7. The van der Waals surface area contributed by atoms with Crippen LogP contribution in [0.25, 0.3) is 0 Å². The zero-order chi connectivity index (χ0) is 25.5. The molecule has 0 aliphatic carbocycles. The summed E-state index contributed by atoms with van der Waals surface area (Å²) >= 11 is 0. The molecule has 1 aliphatic rings. The van der Waals surface area contributed by atoms with Gasteiger partial charge in [-0.2, -0.15) is 0 Å². The number of carbonyl (C=O) groups is 1. The summed E-state index contributed by atoms with van der Waals surface area (Å²) in [6.45, 7) is 1.12. The number of nitrogens with one attached hydrogen (secondary N) is 4. The SMILES string of the molecule is COc1ccc(C[C@H]2NC[C@H](O)[C@H]2OC(=O)NCCNc2c(NCc3ccccc3)c(=O)c2=O)cc1. The highest BCUT2D eigenvalue weighted by Gasteiger charge is 2.37. The molecule has 0 radical (unpaired) electrons. The number of ether oxygens (including phenoxy) is 2. The largest absolute Gasteiger partial charge is 0.497 e. The maximum atomic E-state index is 12.3. The molecule has 0 saturated carbocycles. The number of amides is 1. The van der Waals surface area contributed by atoms with Gasteiger partial charge in [-0.3, -0.25) is 9.59 Å². The van der Waals surface area contributed by atoms with Crippen molar-refractivity contribution < 1.29 is 19.4 Å². The van der Waals surface area contributed by atoms with Crippen molar-refractivity contribution in [3.8, 4) is 5.75 Å². The van der Waals surface area contributed by atoms with E-state index in [2.05, 4.69) is 21.3 Å². The minimum Gasteiger partial charge on any atom is -0.497 e. The number of carbonyl (C=O) groups excluding carboxylic acids is 1. The number of anilines is 2. The number of hydrogen-bond acceptors (Lipinski definition) is 9. The highest BCUT2D eigenvalue weighted by molar-refractivity contribution is 5.74. The van der Waals surface area contributed by atoms with Crippen molar-refractivity contribution in [3.63, 3.8) is 0 Å². The number of β-amino-alcohol motifs (C(OH)–C–C–N with tert-alkyl or cyclic N) is 1. The van der Waals surface area contributed by atoms with Crippen LogP contribution < -0.4 is 36.9 Å². The molecule has 0 bridgehead atoms. The summed E-state index contributed by atoms with van der Waals surface area (Å²) in [5.74, 6) is 0.752. The summed E-state index contributed by atoms with van der Waals surface area (Å²) in [7, 11) is 1.60. The normalized spacial score (nSPS) is 19.1. The van der Waals surface area contributed by atoms with Crippen LogP contribution in [0, 0.1) is 0 Å². The van der Waals surface area contributed by atoms with Gasteiger partial charge in [0.1, 0.15) is 29.3 Å². The fraction of sp³-hybridized carbons (Fsp3) is 0.346. The molecule has 3 aromatic rings. The number of rotatable bonds is 11. The van der Waals surface area contributed by atoms with Gasteiger partial charge in [0, 0.05) is 26.2 Å². The molecule has 4 rings (SSSR count). The lowest BCUT2D eigenvalue weighted by Crippen LogP contribution is -2.42. The van der Waals surface area contributed by atoms with Crippen molar-refractivity contribution in [2.45, 2.75) is 31.2 Å². The van der Waals surface area contributed by atoms with Gasteiger partial charge in [-0.15, -0.1) is 0 Å². The summed E-state index contributed by atoms with van der Waals surface area (Å²) in [5.41, 5.74) is 1.30. The monoisotopic (exact) mass is 494 g/mol. The van der Waals surface area contributed by atoms with E-state index in [0.29, 0.717) is 19.5 Å². The van der Waals surface area contributed by atoms with Crippen molar-refractivity contribution in [2.75, 3.05) is 37.4 Å². The maximum Gasteiger partial charge on any atom is 0.407 e. The van der Waals surface area contributed by atoms with E-state index in [1.807, 2.05) is 54.6 Å². The van der Waals surface area contributed by atoms with E-state index in [1.165, 1.54) is 0 Å². The van der Waals surface area contributed by atoms with Crippen LogP contribution in [0.15, 0.2) is 64.2 Å². The van der Waals surface area contributed by atoms with Crippen molar-refractivity contribution in [3.05, 3.63) is 86.2 Å². The lowest BCUT2D eigenvalue weighted by Gasteiger charge is -2.22. The first-order valence-electron chi connectivity index (χ1n) is 11.8. The Kier molecular flexibility index (Phi) is 8.19. The third kappa shape index (κ3) is 6.02. The van der Waals surface area contributed by atoms with Gasteiger partial charge in [-0.1, -0.05) is 42.5 Å². The second-order valence-electron chi connectivity index (χ2n) is 8.61. The van der Waals surface area contributed by atoms with E-state index in [1.54, 1.807) is 7.11 Å². The van der Waals surface area contributed by atoms with Crippen molar-refractivity contribution in [1.29, 1.82) is 0 Å². The van der Waals surface area contributed by atoms with Crippen molar-refractivity contribution in [1.82, 2.24) is 10.6 Å². The number of aliphatic hydroxyl groups excluding tert-OH is 1. The zero-order valence-corrected chi connectivity index (χ0v) is 20.0. The van der Waals surface area contributed by atoms with Gasteiger partial charge in [-0.25, -0.2) is 4.79 Å². The molecule has 0 aromatic heterocycles. The van der Waals surface area contributed by atoms with E-state index in [9.17, 15) is 19.5 Å². The molecule has 1 fully saturated rings. The Morgan fingerprint density at radius 3 is 2.36 bits per heavy atom. The number of benzene rings is 2. The number of hydrogen-bond donors (Lipinski definition) is 5. The molecule has 1 saturated heterocycles. The van der Waals surface area contributed by atoms with E-state index in [-0.39, 0.29) is 30.5 Å². The lowest BCUT2D eigenvalue weighted by atomic mass is 10.0. The van der Waals surface area contributed by atoms with Gasteiger partial charge in [0.2, 0.25) is 0 Å². The molecule has 3 aromatic carbocycles. The van der Waals surface area contributed by atoms with Gasteiger partial charge in [0.25, 0.3) is 10.9 Å². The standard InChI is InChI=1S/C26H30N4O6/c1-35-18-9-7-16(8-10-18)13-19-25(20(31)15-29-19)36-26(34)28-12-11-27-21-22(24(33)23(21)32)30-14-17-5-3-2-4-6-17/h2-10,19-20,25,27,29-31H,11-15H2,1H3,(H,28,34)/t19-,20+,25+/m1/s1. The molecule has 36 heavy (non-hydrogen) atoms. The Bertz CT molecular complexity index is 1220. The quantitative estimate of drug-likeness (QED) is 0.195. The smallest absolute Gasteiger partial charge is 0.407 e. The average molecular weight is 495 g/mol. The van der Waals surface area contributed by atoms with Crippen LogP contribution in [-0.2, 0) is 17.7 Å². The van der Waals surface area contributed by atoms with Crippen LogP contribution in [0.5, 0.6) is 5.75 Å². The van der Waals surface area contributed by atoms with E-state index < -0.39 is 29.2 Å². The average Bonchev–Trinajstić information content (AvgIpc) is 3.24. The Labute approximate surface area is 208 Å². The number of methoxy groups -OCH3 is 1. The second-order valence-corrected chi connectivity index (χ2v) is 8.61. The first-order chi connectivity index (χ1) is 17.5. The van der Waals surface area contributed by atoms with Gasteiger partial charge >= 0.3 is 6.09 Å². The predicted octanol–water partition coefficient (Wildman–Crippen LogP) is 0.985. The van der Waals surface area contributed by atoms with Gasteiger partial charge in [-0.05, 0) is 29.7 Å². The van der Waals surface area contributed by atoms with Crippen molar-refractivity contribution in [2.24, 2.45) is 0 Å². The topological polar surface area (TPSA) is 138 Å². The first-order valence-corrected chi connectivity index (χ1v) is 11.8. The molecule has 1 amide bonds. The first kappa shape index (κ1) is 25.2. The number of aliphatic hydroxyl groups is 1. The van der Waals surface area contributed by atoms with Crippen molar-refractivity contribution >= 4 is 17.5 Å². The molecule has 0 unspecified atom stereocenters. The highest BCUT2D eigenvalue weighted by atomic mass is 16.6. The Morgan fingerprint density at radius 2 is 1.67 bits per heavy atom. The second kappa shape index (κ2) is 11.7. The summed E-state index contributed by atoms with van der Waals surface area (Å²) in [5, 5.41) is 22.0. The van der Waals surface area contributed by atoms with Gasteiger partial charge in [0.05, 0.1) is 13.2 Å². The predicted molar refractivity (Wildman–Crippen MR) is 136 cm³/mol. The third-order valence-electron chi connectivity index (χ3n) is 6.14. The Morgan fingerprint density at radius 1 is 0.972 bits per heavy atom. The van der Waals surface area contributed by atoms with Gasteiger partial charge in [0.15, 0.2) is 0 Å². The summed E-state index contributed by atoms with van der Waals surface area (Å²) in [4.78, 5) is 36.2. The molecule has 0 spiro atoms. The third-order valence-corrected chi connectivity index (χ3v) is 6.14. The molecular formula is C26H30N4O6. The molecule has 190 valence electrons. The molecule has 10 nitrogen and oxygen atoms in total. The van der Waals surface area contributed by atoms with E-state index >= 15 is 0 Å². The van der Waals surface area contributed by atoms with Crippen LogP contribution in [0.3, 0.4) is 0 Å². The Balaban J connectivity index is 1.22. The minimum atomic E-state index is -0.820. The highest BCUT2D eigenvalue weighted by Crippen LogP contribution is 2.19. The van der Waals surface area contributed by atoms with Crippen LogP contribution in [0.2, 0.25) is 0 Å². The molecular weight excluding hydrogens is 464 g/mol. The van der Waals surface area contributed by atoms with Crippen LogP contribution in [0.1, 0.15) is 11.1 Å². The molecule has 3 atom stereocenters. The number of alkyl carbamates (subject to hydrolysis) is 1. The summed E-state index contributed by atoms with van der Waals surface area (Å²) in [6.07, 6.45) is -1.62. The van der Waals surface area contributed by atoms with Gasteiger partial charge < -0.3 is 35.8 Å². The fourth-order valence-electron chi connectivity index (χ4n) is 4.17. The molecule has 1 heterocycles. The minimum absolute atomic E-state index is 0.162. The van der Waals surface area contributed by atoms with Crippen LogP contribution in [0.4, 0.5) is 16.2 Å². The fourth-order valence-corrected chi connectivity index (χ4v) is 4.17. The van der Waals surface area contributed by atoms with Crippen LogP contribution >= 0.6 is 0 Å². The van der Waals surface area contributed by atoms with Crippen LogP contribution in [-0.4, -0.2) is 56.2 Å².